The van der Waals surface area contributed by atoms with Crippen LogP contribution in [0.1, 0.15) is 30.8 Å². The maximum absolute atomic E-state index is 12.0. The number of methoxy groups -OCH3 is 2. The van der Waals surface area contributed by atoms with Gasteiger partial charge >= 0.3 is 0 Å². The smallest absolute Gasteiger partial charge is 0.271 e. The summed E-state index contributed by atoms with van der Waals surface area (Å²) in [4.78, 5) is 19.9. The van der Waals surface area contributed by atoms with Gasteiger partial charge in [0.05, 0.1) is 38.3 Å². The molecule has 0 aliphatic rings. The van der Waals surface area contributed by atoms with Crippen molar-refractivity contribution in [3.8, 4) is 11.5 Å². The van der Waals surface area contributed by atoms with Gasteiger partial charge in [-0.2, -0.15) is 4.98 Å². The largest absolute Gasteiger partial charge is 0.493 e. The molecule has 0 radical (unpaired) electrons. The number of nitrogens with zero attached hydrogens (tertiary/aromatic N) is 4. The van der Waals surface area contributed by atoms with Crippen LogP contribution in [0.3, 0.4) is 0 Å². The molecule has 1 amide bonds. The minimum atomic E-state index is 0.0555. The number of aromatic amines is 1. The fraction of sp³-hybridized carbons (Fsp3) is 0.364. The van der Waals surface area contributed by atoms with Crippen LogP contribution in [0.25, 0.3) is 16.7 Å². The molecule has 0 saturated carbocycles. The molecule has 4 N–H and O–H groups in total. The average molecular weight is 439 g/mol. The number of rotatable bonds is 10. The monoisotopic (exact) mass is 438 g/mol. The van der Waals surface area contributed by atoms with Gasteiger partial charge in [-0.3, -0.25) is 14.5 Å². The minimum Gasteiger partial charge on any atom is -0.493 e. The van der Waals surface area contributed by atoms with Crippen LogP contribution in [0, 0.1) is 6.92 Å². The summed E-state index contributed by atoms with van der Waals surface area (Å²) in [5, 5.41) is 13.5. The second kappa shape index (κ2) is 9.65. The van der Waals surface area contributed by atoms with E-state index in [4.69, 9.17) is 14.5 Å². The van der Waals surface area contributed by atoms with E-state index >= 15 is 0 Å². The summed E-state index contributed by atoms with van der Waals surface area (Å²) in [7, 11) is 3.21. The normalized spacial score (nSPS) is 11.2. The third-order valence-corrected chi connectivity index (χ3v) is 5.35. The molecule has 1 aromatic carbocycles. The van der Waals surface area contributed by atoms with Crippen LogP contribution in [0.4, 0.5) is 5.82 Å². The van der Waals surface area contributed by atoms with Gasteiger partial charge in [0.2, 0.25) is 11.6 Å². The van der Waals surface area contributed by atoms with Crippen LogP contribution >= 0.6 is 0 Å². The standard InChI is InChI=1S/C22H27N7O3/c1-14-27-28-22-21(24-9-5-4-8-20(30)25-13-15-7-6-10-23-15)26-16-11-18(31-2)19(32-3)12-17(16)29(14)22/h6-7,10-12,23H,4-5,8-9,13H2,1-3H3,(H,24,26)(H,25,30)/p+1. The highest BCUT2D eigenvalue weighted by Gasteiger charge is 2.18. The second-order valence-corrected chi connectivity index (χ2v) is 7.52. The van der Waals surface area contributed by atoms with Gasteiger partial charge in [0, 0.05) is 30.4 Å². The molecule has 0 saturated heterocycles. The van der Waals surface area contributed by atoms with E-state index in [2.05, 4.69) is 25.8 Å². The Kier molecular flexibility index (Phi) is 6.50. The van der Waals surface area contributed by atoms with Gasteiger partial charge in [-0.25, -0.2) is 0 Å². The summed E-state index contributed by atoms with van der Waals surface area (Å²) in [6.07, 6.45) is 4.02. The Morgan fingerprint density at radius 3 is 2.75 bits per heavy atom. The Morgan fingerprint density at radius 2 is 2.00 bits per heavy atom. The summed E-state index contributed by atoms with van der Waals surface area (Å²) in [5.74, 6) is 2.84. The lowest BCUT2D eigenvalue weighted by Gasteiger charge is -2.11. The van der Waals surface area contributed by atoms with Crippen LogP contribution in [0.5, 0.6) is 11.5 Å². The highest BCUT2D eigenvalue weighted by molar-refractivity contribution is 5.84. The molecule has 0 spiro atoms. The van der Waals surface area contributed by atoms with E-state index in [1.54, 1.807) is 14.2 Å². The number of aryl methyl sites for hydroxylation is 1. The number of ether oxygens (including phenoxy) is 2. The summed E-state index contributed by atoms with van der Waals surface area (Å²) in [6, 6.07) is 7.61. The summed E-state index contributed by atoms with van der Waals surface area (Å²) in [5.41, 5.74) is 3.32. The van der Waals surface area contributed by atoms with Gasteiger partial charge < -0.3 is 19.8 Å². The predicted molar refractivity (Wildman–Crippen MR) is 119 cm³/mol. The molecule has 168 valence electrons. The van der Waals surface area contributed by atoms with Gasteiger partial charge in [-0.1, -0.05) is 0 Å². The maximum atomic E-state index is 12.0. The molecular weight excluding hydrogens is 410 g/mol. The number of hydrogen-bond donors (Lipinski definition) is 3. The lowest BCUT2D eigenvalue weighted by molar-refractivity contribution is -0.574. The second-order valence-electron chi connectivity index (χ2n) is 7.52. The number of carbonyl (C=O) groups excluding carboxylic acids is 1. The number of hydrogen-bond acceptors (Lipinski definition) is 6. The quantitative estimate of drug-likeness (QED) is 0.323. The number of amides is 1. The van der Waals surface area contributed by atoms with Crippen LogP contribution in [-0.2, 0) is 11.3 Å². The van der Waals surface area contributed by atoms with E-state index in [9.17, 15) is 4.79 Å². The molecule has 32 heavy (non-hydrogen) atoms. The first-order chi connectivity index (χ1) is 15.6. The summed E-state index contributed by atoms with van der Waals surface area (Å²) in [6.45, 7) is 3.22. The van der Waals surface area contributed by atoms with E-state index in [1.165, 1.54) is 0 Å². The molecule has 0 bridgehead atoms. The first kappa shape index (κ1) is 21.6. The molecule has 0 aliphatic heterocycles. The molecule has 0 unspecified atom stereocenters. The number of carbonyl (C=O) groups is 1. The third-order valence-electron chi connectivity index (χ3n) is 5.35. The number of fused-ring (bicyclic) bond motifs is 3. The molecule has 3 aromatic heterocycles. The molecule has 4 rings (SSSR count). The van der Waals surface area contributed by atoms with Crippen molar-refractivity contribution in [1.29, 1.82) is 0 Å². The predicted octanol–water partition coefficient (Wildman–Crippen LogP) is 1.61. The summed E-state index contributed by atoms with van der Waals surface area (Å²) >= 11 is 0. The lowest BCUT2D eigenvalue weighted by atomic mass is 10.2. The Hall–Kier alpha value is -3.66. The van der Waals surface area contributed by atoms with Crippen molar-refractivity contribution >= 4 is 28.4 Å². The van der Waals surface area contributed by atoms with Crippen molar-refractivity contribution in [2.24, 2.45) is 0 Å². The zero-order valence-corrected chi connectivity index (χ0v) is 18.5. The first-order valence-corrected chi connectivity index (χ1v) is 10.6. The molecule has 0 fully saturated rings. The van der Waals surface area contributed by atoms with Crippen molar-refractivity contribution in [3.05, 3.63) is 42.0 Å². The molecule has 10 nitrogen and oxygen atoms in total. The van der Waals surface area contributed by atoms with Gasteiger partial charge in [0.25, 0.3) is 5.82 Å². The molecule has 0 atom stereocenters. The fourth-order valence-corrected chi connectivity index (χ4v) is 3.69. The van der Waals surface area contributed by atoms with Crippen molar-refractivity contribution < 1.29 is 19.6 Å². The van der Waals surface area contributed by atoms with E-state index in [0.717, 1.165) is 47.8 Å². The number of quaternary nitrogens is 1. The SMILES string of the molecule is COc1cc2nc([NH2+]CCCCC(=O)NCc3ccc[nH]3)c3nnc(C)n3c2cc1OC. The maximum Gasteiger partial charge on any atom is 0.271 e. The van der Waals surface area contributed by atoms with Crippen molar-refractivity contribution in [2.75, 3.05) is 20.8 Å². The third kappa shape index (κ3) is 4.50. The van der Waals surface area contributed by atoms with Crippen molar-refractivity contribution in [3.63, 3.8) is 0 Å². The van der Waals surface area contributed by atoms with E-state index in [0.29, 0.717) is 30.1 Å². The van der Waals surface area contributed by atoms with Gasteiger partial charge in [0.1, 0.15) is 5.82 Å². The topological polar surface area (TPSA) is 123 Å². The van der Waals surface area contributed by atoms with Gasteiger partial charge in [0.15, 0.2) is 11.5 Å². The van der Waals surface area contributed by atoms with Gasteiger partial charge in [-0.05, 0) is 31.9 Å². The Morgan fingerprint density at radius 1 is 1.19 bits per heavy atom. The number of aromatic nitrogens is 5. The van der Waals surface area contributed by atoms with Crippen LogP contribution < -0.4 is 20.1 Å². The van der Waals surface area contributed by atoms with Crippen molar-refractivity contribution in [1.82, 2.24) is 29.9 Å². The van der Waals surface area contributed by atoms with Gasteiger partial charge in [-0.15, -0.1) is 10.2 Å². The fourth-order valence-electron chi connectivity index (χ4n) is 3.69. The van der Waals surface area contributed by atoms with E-state index < -0.39 is 0 Å². The van der Waals surface area contributed by atoms with E-state index in [1.807, 2.05) is 41.8 Å². The highest BCUT2D eigenvalue weighted by atomic mass is 16.5. The Balaban J connectivity index is 1.41. The molecule has 10 heteroatoms. The number of H-pyrrole nitrogens is 1. The zero-order chi connectivity index (χ0) is 22.5. The highest BCUT2D eigenvalue weighted by Crippen LogP contribution is 2.32. The molecule has 0 aliphatic carbocycles. The first-order valence-electron chi connectivity index (χ1n) is 10.6. The molecular formula is C22H28N7O3+. The Bertz CT molecular complexity index is 1220. The molecule has 4 aromatic rings. The lowest BCUT2D eigenvalue weighted by Crippen LogP contribution is -2.78. The number of benzene rings is 1. The van der Waals surface area contributed by atoms with Crippen LogP contribution in [0.2, 0.25) is 0 Å². The number of unbranched alkanes of at least 4 members (excludes halogenated alkanes) is 1. The Labute approximate surface area is 185 Å². The minimum absolute atomic E-state index is 0.0555. The van der Waals surface area contributed by atoms with E-state index in [-0.39, 0.29) is 5.91 Å². The average Bonchev–Trinajstić information content (AvgIpc) is 3.46. The zero-order valence-electron chi connectivity index (χ0n) is 18.5. The number of nitrogens with two attached hydrogens (primary N) is 1. The number of nitrogens with one attached hydrogen (secondary N) is 2. The van der Waals surface area contributed by atoms with Crippen LogP contribution in [-0.4, -0.2) is 51.2 Å². The van der Waals surface area contributed by atoms with Crippen molar-refractivity contribution in [2.45, 2.75) is 32.7 Å². The molecule has 3 heterocycles. The van der Waals surface area contributed by atoms with Crippen LogP contribution in [0.15, 0.2) is 30.5 Å². The summed E-state index contributed by atoms with van der Waals surface area (Å²) < 4.78 is 12.8.